The topological polar surface area (TPSA) is 123 Å². The molecule has 0 saturated carbocycles. The number of hydrogen-bond acceptors (Lipinski definition) is 6. The molecule has 1 amide bonds. The molecule has 0 bridgehead atoms. The Hall–Kier alpha value is -2.65. The lowest BCUT2D eigenvalue weighted by Crippen LogP contribution is -2.37. The number of nitrogens with zero attached hydrogens (tertiary/aromatic N) is 1. The van der Waals surface area contributed by atoms with Crippen LogP contribution in [0.15, 0.2) is 30.3 Å². The zero-order valence-corrected chi connectivity index (χ0v) is 15.0. The lowest BCUT2D eigenvalue weighted by Gasteiger charge is -2.22. The number of carboxylic acid groups (broad SMARTS) is 2. The molecule has 1 aromatic rings. The third-order valence-electron chi connectivity index (χ3n) is 3.39. The van der Waals surface area contributed by atoms with Crippen LogP contribution < -0.4 is 0 Å². The van der Waals surface area contributed by atoms with Crippen LogP contribution >= 0.6 is 0 Å². The minimum atomic E-state index is -0.957. The van der Waals surface area contributed by atoms with Crippen molar-refractivity contribution >= 4 is 18.0 Å². The van der Waals surface area contributed by atoms with Crippen molar-refractivity contribution in [3.8, 4) is 0 Å². The van der Waals surface area contributed by atoms with E-state index < -0.39 is 18.0 Å². The lowest BCUT2D eigenvalue weighted by atomic mass is 10.2. The molecule has 150 valence electrons. The molecule has 0 saturated heterocycles. The second kappa shape index (κ2) is 13.5. The molecule has 1 aromatic carbocycles. The standard InChI is InChI=1S/C18H25NO8/c20-16(21)6-10-25-12-8-19(9-13-26-11-7-17(22)23)18(24)27-14-15-4-2-1-3-5-15/h1-5H,6-14H2,(H,20,21)(H,22,23). The van der Waals surface area contributed by atoms with Crippen LogP contribution in [0.4, 0.5) is 4.79 Å². The maximum absolute atomic E-state index is 12.3. The van der Waals surface area contributed by atoms with Crippen LogP contribution in [0.3, 0.4) is 0 Å². The van der Waals surface area contributed by atoms with Gasteiger partial charge in [-0.3, -0.25) is 9.59 Å². The number of rotatable bonds is 14. The van der Waals surface area contributed by atoms with Crippen LogP contribution in [-0.4, -0.2) is 72.7 Å². The van der Waals surface area contributed by atoms with Crippen molar-refractivity contribution in [3.63, 3.8) is 0 Å². The van der Waals surface area contributed by atoms with Crippen LogP contribution in [0.25, 0.3) is 0 Å². The lowest BCUT2D eigenvalue weighted by molar-refractivity contribution is -0.139. The second-order valence-electron chi connectivity index (χ2n) is 5.54. The summed E-state index contributed by atoms with van der Waals surface area (Å²) in [5, 5.41) is 17.1. The fraction of sp³-hybridized carbons (Fsp3) is 0.500. The van der Waals surface area contributed by atoms with Gasteiger partial charge in [0.25, 0.3) is 0 Å². The van der Waals surface area contributed by atoms with Crippen molar-refractivity contribution in [1.82, 2.24) is 4.90 Å². The number of carbonyl (C=O) groups is 3. The molecule has 9 heteroatoms. The summed E-state index contributed by atoms with van der Waals surface area (Å²) in [7, 11) is 0. The van der Waals surface area contributed by atoms with E-state index in [0.717, 1.165) is 5.56 Å². The van der Waals surface area contributed by atoms with Gasteiger partial charge in [0.05, 0.1) is 39.3 Å². The van der Waals surface area contributed by atoms with E-state index in [1.165, 1.54) is 4.90 Å². The van der Waals surface area contributed by atoms with Gasteiger partial charge in [-0.15, -0.1) is 0 Å². The van der Waals surface area contributed by atoms with Gasteiger partial charge in [0.2, 0.25) is 0 Å². The van der Waals surface area contributed by atoms with Crippen molar-refractivity contribution in [2.45, 2.75) is 19.4 Å². The number of carbonyl (C=O) groups excluding carboxylic acids is 1. The Morgan fingerprint density at radius 2 is 1.33 bits per heavy atom. The van der Waals surface area contributed by atoms with E-state index in [2.05, 4.69) is 0 Å². The molecular formula is C18H25NO8. The highest BCUT2D eigenvalue weighted by atomic mass is 16.6. The molecule has 0 aliphatic rings. The van der Waals surface area contributed by atoms with E-state index in [1.54, 1.807) is 0 Å². The monoisotopic (exact) mass is 383 g/mol. The summed E-state index contributed by atoms with van der Waals surface area (Å²) in [5.74, 6) is -1.91. The molecule has 0 aliphatic carbocycles. The van der Waals surface area contributed by atoms with Gasteiger partial charge in [0.1, 0.15) is 6.61 Å². The van der Waals surface area contributed by atoms with E-state index in [4.69, 9.17) is 24.4 Å². The number of aliphatic carboxylic acids is 2. The van der Waals surface area contributed by atoms with Gasteiger partial charge in [-0.1, -0.05) is 30.3 Å². The molecule has 9 nitrogen and oxygen atoms in total. The predicted molar refractivity (Wildman–Crippen MR) is 94.3 cm³/mol. The zero-order chi connectivity index (χ0) is 19.9. The van der Waals surface area contributed by atoms with Crippen molar-refractivity contribution in [2.24, 2.45) is 0 Å². The fourth-order valence-electron chi connectivity index (χ4n) is 1.98. The van der Waals surface area contributed by atoms with Crippen molar-refractivity contribution in [3.05, 3.63) is 35.9 Å². The van der Waals surface area contributed by atoms with Gasteiger partial charge < -0.3 is 29.3 Å². The summed E-state index contributed by atoms with van der Waals surface area (Å²) in [5.41, 5.74) is 0.848. The number of ether oxygens (including phenoxy) is 3. The molecule has 1 rings (SSSR count). The van der Waals surface area contributed by atoms with E-state index >= 15 is 0 Å². The van der Waals surface area contributed by atoms with Gasteiger partial charge in [-0.2, -0.15) is 0 Å². The first-order valence-corrected chi connectivity index (χ1v) is 8.53. The average molecular weight is 383 g/mol. The van der Waals surface area contributed by atoms with E-state index in [9.17, 15) is 14.4 Å². The molecule has 0 spiro atoms. The molecule has 0 heterocycles. The van der Waals surface area contributed by atoms with Crippen molar-refractivity contribution < 1.29 is 38.8 Å². The Labute approximate surface area is 157 Å². The van der Waals surface area contributed by atoms with Gasteiger partial charge in [-0.05, 0) is 5.56 Å². The van der Waals surface area contributed by atoms with Crippen molar-refractivity contribution in [1.29, 1.82) is 0 Å². The largest absolute Gasteiger partial charge is 0.481 e. The smallest absolute Gasteiger partial charge is 0.410 e. The molecule has 0 atom stereocenters. The third-order valence-corrected chi connectivity index (χ3v) is 3.39. The Bertz CT molecular complexity index is 554. The Kier molecular flexibility index (Phi) is 11.2. The van der Waals surface area contributed by atoms with Gasteiger partial charge >= 0.3 is 18.0 Å². The summed E-state index contributed by atoms with van der Waals surface area (Å²) in [6.07, 6.45) is -0.782. The number of benzene rings is 1. The first kappa shape index (κ1) is 22.4. The van der Waals surface area contributed by atoms with Gasteiger partial charge in [-0.25, -0.2) is 4.79 Å². The molecule has 0 aliphatic heterocycles. The second-order valence-corrected chi connectivity index (χ2v) is 5.54. The molecule has 0 unspecified atom stereocenters. The van der Waals surface area contributed by atoms with E-state index in [0.29, 0.717) is 0 Å². The Morgan fingerprint density at radius 3 is 1.81 bits per heavy atom. The maximum Gasteiger partial charge on any atom is 0.410 e. The van der Waals surface area contributed by atoms with E-state index in [-0.39, 0.29) is 59.0 Å². The van der Waals surface area contributed by atoms with E-state index in [1.807, 2.05) is 30.3 Å². The minimum absolute atomic E-state index is 0.0529. The summed E-state index contributed by atoms with van der Waals surface area (Å²) >= 11 is 0. The SMILES string of the molecule is O=C(O)CCOCCN(CCOCCC(=O)O)C(=O)OCc1ccccc1. The molecule has 0 aromatic heterocycles. The fourth-order valence-corrected chi connectivity index (χ4v) is 1.98. The number of carboxylic acids is 2. The third kappa shape index (κ3) is 11.6. The summed E-state index contributed by atoms with van der Waals surface area (Å²) in [6.45, 7) is 0.946. The zero-order valence-electron chi connectivity index (χ0n) is 15.0. The summed E-state index contributed by atoms with van der Waals surface area (Å²) in [6, 6.07) is 9.21. The molecule has 0 fully saturated rings. The van der Waals surface area contributed by atoms with Gasteiger partial charge in [0, 0.05) is 13.1 Å². The average Bonchev–Trinajstić information content (AvgIpc) is 2.64. The van der Waals surface area contributed by atoms with Crippen LogP contribution in [-0.2, 0) is 30.4 Å². The first-order chi connectivity index (χ1) is 13.0. The Balaban J connectivity index is 2.40. The van der Waals surface area contributed by atoms with Crippen LogP contribution in [0.1, 0.15) is 18.4 Å². The first-order valence-electron chi connectivity index (χ1n) is 8.53. The Morgan fingerprint density at radius 1 is 0.815 bits per heavy atom. The van der Waals surface area contributed by atoms with Crippen molar-refractivity contribution in [2.75, 3.05) is 39.5 Å². The highest BCUT2D eigenvalue weighted by Crippen LogP contribution is 2.04. The molecule has 0 radical (unpaired) electrons. The molecular weight excluding hydrogens is 358 g/mol. The molecule has 27 heavy (non-hydrogen) atoms. The highest BCUT2D eigenvalue weighted by molar-refractivity contribution is 5.68. The summed E-state index contributed by atoms with van der Waals surface area (Å²) < 4.78 is 15.7. The van der Waals surface area contributed by atoms with Crippen LogP contribution in [0.2, 0.25) is 0 Å². The maximum atomic E-state index is 12.3. The normalized spacial score (nSPS) is 10.4. The predicted octanol–water partition coefficient (Wildman–Crippen LogP) is 1.61. The van der Waals surface area contributed by atoms with Crippen LogP contribution in [0.5, 0.6) is 0 Å². The van der Waals surface area contributed by atoms with Gasteiger partial charge in [0.15, 0.2) is 0 Å². The minimum Gasteiger partial charge on any atom is -0.481 e. The van der Waals surface area contributed by atoms with Crippen LogP contribution in [0, 0.1) is 0 Å². The number of amides is 1. The summed E-state index contributed by atoms with van der Waals surface area (Å²) in [4.78, 5) is 34.5. The number of hydrogen-bond donors (Lipinski definition) is 2. The quantitative estimate of drug-likeness (QED) is 0.465. The highest BCUT2D eigenvalue weighted by Gasteiger charge is 2.15. The molecule has 2 N–H and O–H groups in total.